The average Bonchev–Trinajstić information content (AvgIpc) is 2.92. The molecule has 1 aromatic heterocycles. The Kier molecular flexibility index (Phi) is 4.48. The van der Waals surface area contributed by atoms with Crippen LogP contribution in [-0.2, 0) is 19.2 Å². The van der Waals surface area contributed by atoms with Crippen molar-refractivity contribution in [2.24, 2.45) is 0 Å². The molecule has 0 unspecified atom stereocenters. The van der Waals surface area contributed by atoms with E-state index in [0.717, 1.165) is 23.6 Å². The Morgan fingerprint density at radius 1 is 1.38 bits per heavy atom. The lowest BCUT2D eigenvalue weighted by atomic mass is 10.1. The number of ether oxygens (including phenoxy) is 1. The highest BCUT2D eigenvalue weighted by Crippen LogP contribution is 2.37. The van der Waals surface area contributed by atoms with Gasteiger partial charge in [0.2, 0.25) is 0 Å². The van der Waals surface area contributed by atoms with Crippen molar-refractivity contribution in [3.8, 4) is 11.8 Å². The second kappa shape index (κ2) is 6.14. The van der Waals surface area contributed by atoms with Gasteiger partial charge in [0.25, 0.3) is 0 Å². The summed E-state index contributed by atoms with van der Waals surface area (Å²) < 4.78 is 44.1. The van der Waals surface area contributed by atoms with Gasteiger partial charge in [0, 0.05) is 5.38 Å². The van der Waals surface area contributed by atoms with Crippen LogP contribution in [0, 0.1) is 11.3 Å². The zero-order chi connectivity index (χ0) is 15.5. The Bertz CT molecular complexity index is 674. The highest BCUT2D eigenvalue weighted by Gasteiger charge is 2.34. The number of nitrogens with zero attached hydrogens (tertiary/aromatic N) is 2. The van der Waals surface area contributed by atoms with Gasteiger partial charge >= 0.3 is 6.18 Å². The molecule has 21 heavy (non-hydrogen) atoms. The predicted octanol–water partition coefficient (Wildman–Crippen LogP) is 4.17. The van der Waals surface area contributed by atoms with E-state index in [0.29, 0.717) is 5.69 Å². The van der Waals surface area contributed by atoms with E-state index < -0.39 is 11.7 Å². The lowest BCUT2D eigenvalue weighted by Gasteiger charge is -2.13. The maximum absolute atomic E-state index is 12.9. The van der Waals surface area contributed by atoms with Gasteiger partial charge in [0.05, 0.1) is 27.9 Å². The topological polar surface area (TPSA) is 45.9 Å². The molecule has 7 heteroatoms. The predicted molar refractivity (Wildman–Crippen MR) is 72.0 cm³/mol. The molecular formula is C14H11F3N2OS. The first-order valence-corrected chi connectivity index (χ1v) is 6.99. The first kappa shape index (κ1) is 15.3. The summed E-state index contributed by atoms with van der Waals surface area (Å²) in [6, 6.07) is 4.93. The summed E-state index contributed by atoms with van der Waals surface area (Å²) in [7, 11) is 0. The van der Waals surface area contributed by atoms with Crippen molar-refractivity contribution < 1.29 is 17.9 Å². The Hall–Kier alpha value is -2.07. The fourth-order valence-electron chi connectivity index (χ4n) is 1.68. The van der Waals surface area contributed by atoms with Gasteiger partial charge in [0.15, 0.2) is 0 Å². The minimum Gasteiger partial charge on any atom is -0.487 e. The molecule has 0 saturated carbocycles. The first-order chi connectivity index (χ1) is 9.94. The average molecular weight is 312 g/mol. The number of alkyl halides is 3. The van der Waals surface area contributed by atoms with Gasteiger partial charge in [-0.05, 0) is 24.6 Å². The number of nitriles is 1. The summed E-state index contributed by atoms with van der Waals surface area (Å²) in [5.41, 5.74) is -0.418. The molecule has 2 rings (SSSR count). The standard InChI is InChI=1S/C14H11F3N2OS/c1-2-13-19-10(8-21-13)7-20-12-4-3-9(6-18)5-11(12)14(15,16)17/h3-5,8H,2,7H2,1H3. The van der Waals surface area contributed by atoms with Crippen molar-refractivity contribution >= 4 is 11.3 Å². The van der Waals surface area contributed by atoms with E-state index in [1.54, 1.807) is 11.4 Å². The lowest BCUT2D eigenvalue weighted by Crippen LogP contribution is -2.09. The summed E-state index contributed by atoms with van der Waals surface area (Å²) in [5, 5.41) is 11.4. The lowest BCUT2D eigenvalue weighted by molar-refractivity contribution is -0.139. The molecule has 110 valence electrons. The molecule has 0 N–H and O–H groups in total. The molecule has 0 spiro atoms. The van der Waals surface area contributed by atoms with Gasteiger partial charge in [-0.15, -0.1) is 11.3 Å². The summed E-state index contributed by atoms with van der Waals surface area (Å²) >= 11 is 1.44. The summed E-state index contributed by atoms with van der Waals surface area (Å²) in [5.74, 6) is -0.299. The van der Waals surface area contributed by atoms with Gasteiger partial charge in [-0.1, -0.05) is 6.92 Å². The van der Waals surface area contributed by atoms with Crippen LogP contribution in [0.25, 0.3) is 0 Å². The minimum atomic E-state index is -4.57. The highest BCUT2D eigenvalue weighted by atomic mass is 32.1. The molecule has 0 fully saturated rings. The molecule has 1 aromatic carbocycles. The van der Waals surface area contributed by atoms with Gasteiger partial charge in [-0.2, -0.15) is 18.4 Å². The van der Waals surface area contributed by atoms with Crippen LogP contribution >= 0.6 is 11.3 Å². The van der Waals surface area contributed by atoms with Crippen molar-refractivity contribution in [3.63, 3.8) is 0 Å². The molecule has 0 radical (unpaired) electrons. The molecule has 0 aliphatic carbocycles. The highest BCUT2D eigenvalue weighted by molar-refractivity contribution is 7.09. The molecule has 0 bridgehead atoms. The van der Waals surface area contributed by atoms with Crippen LogP contribution in [-0.4, -0.2) is 4.98 Å². The van der Waals surface area contributed by atoms with Crippen LogP contribution in [0.5, 0.6) is 5.75 Å². The van der Waals surface area contributed by atoms with Gasteiger partial charge in [-0.3, -0.25) is 0 Å². The van der Waals surface area contributed by atoms with Crippen LogP contribution in [0.1, 0.15) is 28.8 Å². The number of hydrogen-bond acceptors (Lipinski definition) is 4. The Morgan fingerprint density at radius 3 is 2.71 bits per heavy atom. The third-order valence-corrected chi connectivity index (χ3v) is 3.73. The number of halogens is 3. The van der Waals surface area contributed by atoms with Gasteiger partial charge in [-0.25, -0.2) is 4.98 Å². The number of thiazole rings is 1. The fourth-order valence-corrected chi connectivity index (χ4v) is 2.41. The van der Waals surface area contributed by atoms with Crippen molar-refractivity contribution in [2.75, 3.05) is 0 Å². The molecule has 2 aromatic rings. The van der Waals surface area contributed by atoms with E-state index in [1.165, 1.54) is 17.4 Å². The second-order valence-electron chi connectivity index (χ2n) is 4.20. The summed E-state index contributed by atoms with van der Waals surface area (Å²) in [6.45, 7) is 1.91. The summed E-state index contributed by atoms with van der Waals surface area (Å²) in [4.78, 5) is 4.23. The molecule has 1 heterocycles. The van der Waals surface area contributed by atoms with E-state index >= 15 is 0 Å². The Morgan fingerprint density at radius 2 is 2.14 bits per heavy atom. The van der Waals surface area contributed by atoms with Crippen LogP contribution in [0.15, 0.2) is 23.6 Å². The van der Waals surface area contributed by atoms with Crippen molar-refractivity contribution in [3.05, 3.63) is 45.4 Å². The zero-order valence-corrected chi connectivity index (χ0v) is 11.9. The monoisotopic (exact) mass is 312 g/mol. The Balaban J connectivity index is 2.21. The van der Waals surface area contributed by atoms with E-state index in [4.69, 9.17) is 10.00 Å². The van der Waals surface area contributed by atoms with E-state index in [1.807, 2.05) is 6.92 Å². The molecule has 0 aliphatic heterocycles. The smallest absolute Gasteiger partial charge is 0.420 e. The number of rotatable bonds is 4. The normalized spacial score (nSPS) is 11.2. The van der Waals surface area contributed by atoms with Crippen molar-refractivity contribution in [2.45, 2.75) is 26.1 Å². The zero-order valence-electron chi connectivity index (χ0n) is 11.1. The number of aryl methyl sites for hydroxylation is 1. The van der Waals surface area contributed by atoms with E-state index in [-0.39, 0.29) is 17.9 Å². The summed E-state index contributed by atoms with van der Waals surface area (Å²) in [6.07, 6.45) is -3.80. The molecular weight excluding hydrogens is 301 g/mol. The second-order valence-corrected chi connectivity index (χ2v) is 5.14. The van der Waals surface area contributed by atoms with Gasteiger partial charge in [0.1, 0.15) is 12.4 Å². The van der Waals surface area contributed by atoms with Crippen LogP contribution in [0.3, 0.4) is 0 Å². The Labute approximate surface area is 123 Å². The van der Waals surface area contributed by atoms with E-state index in [2.05, 4.69) is 4.98 Å². The van der Waals surface area contributed by atoms with Crippen molar-refractivity contribution in [1.82, 2.24) is 4.98 Å². The van der Waals surface area contributed by atoms with Crippen LogP contribution < -0.4 is 4.74 Å². The maximum Gasteiger partial charge on any atom is 0.420 e. The van der Waals surface area contributed by atoms with Crippen LogP contribution in [0.4, 0.5) is 13.2 Å². The SMILES string of the molecule is CCc1nc(COc2ccc(C#N)cc2C(F)(F)F)cs1. The van der Waals surface area contributed by atoms with Gasteiger partial charge < -0.3 is 4.74 Å². The molecule has 0 aliphatic rings. The van der Waals surface area contributed by atoms with E-state index in [9.17, 15) is 13.2 Å². The first-order valence-electron chi connectivity index (χ1n) is 6.11. The number of aromatic nitrogens is 1. The quantitative estimate of drug-likeness (QED) is 0.851. The largest absolute Gasteiger partial charge is 0.487 e. The molecule has 0 atom stereocenters. The maximum atomic E-state index is 12.9. The molecule has 0 amide bonds. The fraction of sp³-hybridized carbons (Fsp3) is 0.286. The third kappa shape index (κ3) is 3.73. The molecule has 0 saturated heterocycles. The van der Waals surface area contributed by atoms with Crippen molar-refractivity contribution in [1.29, 1.82) is 5.26 Å². The minimum absolute atomic E-state index is 0.0362. The third-order valence-electron chi connectivity index (χ3n) is 2.69. The molecule has 3 nitrogen and oxygen atoms in total. The number of benzene rings is 1. The van der Waals surface area contributed by atoms with Crippen LogP contribution in [0.2, 0.25) is 0 Å². The number of hydrogen-bond donors (Lipinski definition) is 0.